The van der Waals surface area contributed by atoms with Crippen LogP contribution in [0.1, 0.15) is 33.6 Å². The molecule has 0 rings (SSSR count). The number of ether oxygens (including phenoxy) is 2. The van der Waals surface area contributed by atoms with Gasteiger partial charge in [0, 0.05) is 5.57 Å². The summed E-state index contributed by atoms with van der Waals surface area (Å²) in [6.07, 6.45) is 1.76. The van der Waals surface area contributed by atoms with Crippen LogP contribution in [0.25, 0.3) is 0 Å². The van der Waals surface area contributed by atoms with E-state index in [2.05, 4.69) is 4.74 Å². The molecule has 0 N–H and O–H groups in total. The van der Waals surface area contributed by atoms with Crippen molar-refractivity contribution in [2.24, 2.45) is 0 Å². The molecule has 0 aromatic rings. The van der Waals surface area contributed by atoms with Crippen molar-refractivity contribution in [3.63, 3.8) is 0 Å². The Morgan fingerprint density at radius 2 is 1.80 bits per heavy atom. The summed E-state index contributed by atoms with van der Waals surface area (Å²) < 4.78 is 9.70. The molecule has 0 aromatic heterocycles. The first-order valence-corrected chi connectivity index (χ1v) is 5.15. The van der Waals surface area contributed by atoms with Gasteiger partial charge in [0.1, 0.15) is 6.42 Å². The molecule has 0 fully saturated rings. The van der Waals surface area contributed by atoms with E-state index in [9.17, 15) is 9.59 Å². The molecule has 4 nitrogen and oxygen atoms in total. The Kier molecular flexibility index (Phi) is 7.32. The van der Waals surface area contributed by atoms with Crippen LogP contribution in [0.5, 0.6) is 0 Å². The summed E-state index contributed by atoms with van der Waals surface area (Å²) in [5.41, 5.74) is 0.518. The lowest BCUT2D eigenvalue weighted by atomic mass is 10.1. The average molecular weight is 214 g/mol. The molecule has 86 valence electrons. The van der Waals surface area contributed by atoms with Gasteiger partial charge < -0.3 is 9.47 Å². The molecular weight excluding hydrogens is 196 g/mol. The van der Waals surface area contributed by atoms with E-state index in [4.69, 9.17) is 4.74 Å². The van der Waals surface area contributed by atoms with E-state index in [1.165, 1.54) is 6.26 Å². The van der Waals surface area contributed by atoms with Crippen molar-refractivity contribution in [3.8, 4) is 0 Å². The maximum atomic E-state index is 11.5. The lowest BCUT2D eigenvalue weighted by Crippen LogP contribution is -2.13. The van der Waals surface area contributed by atoms with E-state index in [-0.39, 0.29) is 12.2 Å². The van der Waals surface area contributed by atoms with Crippen molar-refractivity contribution >= 4 is 11.8 Å². The molecule has 0 saturated carbocycles. The maximum absolute atomic E-state index is 11.5. The van der Waals surface area contributed by atoms with E-state index in [0.717, 1.165) is 0 Å². The van der Waals surface area contributed by atoms with Gasteiger partial charge in [0.05, 0.1) is 19.5 Å². The van der Waals surface area contributed by atoms with Gasteiger partial charge in [-0.05, 0) is 20.3 Å². The zero-order valence-corrected chi connectivity index (χ0v) is 9.54. The van der Waals surface area contributed by atoms with Gasteiger partial charge in [-0.1, -0.05) is 6.92 Å². The number of allylic oxidation sites excluding steroid dienone is 1. The van der Waals surface area contributed by atoms with Gasteiger partial charge in [-0.3, -0.25) is 9.59 Å². The molecule has 0 bridgehead atoms. The number of hydrogen-bond donors (Lipinski definition) is 0. The monoisotopic (exact) mass is 214 g/mol. The quantitative estimate of drug-likeness (QED) is 0.281. The predicted octanol–water partition coefficient (Wildman–Crippen LogP) is 1.84. The van der Waals surface area contributed by atoms with Crippen LogP contribution in [0.3, 0.4) is 0 Å². The summed E-state index contributed by atoms with van der Waals surface area (Å²) in [7, 11) is 0. The number of ketones is 1. The molecule has 0 heterocycles. The van der Waals surface area contributed by atoms with Crippen molar-refractivity contribution in [2.75, 3.05) is 13.2 Å². The highest BCUT2D eigenvalue weighted by Crippen LogP contribution is 2.06. The molecule has 0 radical (unpaired) electrons. The van der Waals surface area contributed by atoms with Crippen molar-refractivity contribution in [1.29, 1.82) is 0 Å². The molecule has 0 spiro atoms. The Morgan fingerprint density at radius 3 is 2.27 bits per heavy atom. The first-order chi connectivity index (χ1) is 7.15. The summed E-state index contributed by atoms with van der Waals surface area (Å²) in [5.74, 6) is -0.720. The number of Topliss-reactive ketones (excluding diaryl/α,β-unsaturated/α-hetero) is 1. The fourth-order valence-electron chi connectivity index (χ4n) is 0.987. The van der Waals surface area contributed by atoms with E-state index >= 15 is 0 Å². The fraction of sp³-hybridized carbons (Fsp3) is 0.636. The van der Waals surface area contributed by atoms with Gasteiger partial charge >= 0.3 is 5.97 Å². The number of carbonyl (C=O) groups excluding carboxylic acids is 2. The summed E-state index contributed by atoms with van der Waals surface area (Å²) in [6, 6.07) is 0. The molecule has 4 heteroatoms. The number of esters is 1. The van der Waals surface area contributed by atoms with E-state index in [1.54, 1.807) is 6.92 Å². The first-order valence-electron chi connectivity index (χ1n) is 5.15. The molecule has 0 aromatic carbocycles. The third-order valence-corrected chi connectivity index (χ3v) is 1.74. The van der Waals surface area contributed by atoms with Crippen LogP contribution in [0.4, 0.5) is 0 Å². The largest absolute Gasteiger partial charge is 0.501 e. The van der Waals surface area contributed by atoms with Crippen molar-refractivity contribution in [3.05, 3.63) is 11.8 Å². The van der Waals surface area contributed by atoms with Crippen LogP contribution in [-0.2, 0) is 19.1 Å². The molecule has 0 aliphatic rings. The standard InChI is InChI=1S/C11H18O4/c1-4-9(8-14-5-2)10(12)7-11(13)15-6-3/h8H,4-7H2,1-3H3. The Hall–Kier alpha value is -1.32. The van der Waals surface area contributed by atoms with Gasteiger partial charge in [-0.2, -0.15) is 0 Å². The smallest absolute Gasteiger partial charge is 0.313 e. The number of carbonyl (C=O) groups is 2. The summed E-state index contributed by atoms with van der Waals surface area (Å²) >= 11 is 0. The second-order valence-corrected chi connectivity index (χ2v) is 2.86. The first kappa shape index (κ1) is 13.7. The summed E-state index contributed by atoms with van der Waals surface area (Å²) in [6.45, 7) is 6.19. The topological polar surface area (TPSA) is 52.6 Å². The van der Waals surface area contributed by atoms with Crippen molar-refractivity contribution < 1.29 is 19.1 Å². The molecular formula is C11H18O4. The van der Waals surface area contributed by atoms with Crippen LogP contribution >= 0.6 is 0 Å². The summed E-state index contributed by atoms with van der Waals surface area (Å²) in [4.78, 5) is 22.6. The van der Waals surface area contributed by atoms with Crippen molar-refractivity contribution in [2.45, 2.75) is 33.6 Å². The molecule has 0 amide bonds. The van der Waals surface area contributed by atoms with Crippen LogP contribution in [0.15, 0.2) is 11.8 Å². The van der Waals surface area contributed by atoms with E-state index < -0.39 is 5.97 Å². The lowest BCUT2D eigenvalue weighted by molar-refractivity contribution is -0.145. The van der Waals surface area contributed by atoms with Gasteiger partial charge in [0.25, 0.3) is 0 Å². The number of hydrogen-bond acceptors (Lipinski definition) is 4. The van der Waals surface area contributed by atoms with Gasteiger partial charge in [-0.15, -0.1) is 0 Å². The highest BCUT2D eigenvalue weighted by Gasteiger charge is 2.14. The minimum atomic E-state index is -0.488. The average Bonchev–Trinajstić information content (AvgIpc) is 2.19. The third-order valence-electron chi connectivity index (χ3n) is 1.74. The van der Waals surface area contributed by atoms with Gasteiger partial charge in [0.15, 0.2) is 5.78 Å². The zero-order valence-electron chi connectivity index (χ0n) is 9.54. The minimum absolute atomic E-state index is 0.208. The highest BCUT2D eigenvalue weighted by molar-refractivity contribution is 6.05. The zero-order chi connectivity index (χ0) is 11.7. The second-order valence-electron chi connectivity index (χ2n) is 2.86. The van der Waals surface area contributed by atoms with Gasteiger partial charge in [-0.25, -0.2) is 0 Å². The van der Waals surface area contributed by atoms with E-state index in [0.29, 0.717) is 25.2 Å². The SMILES string of the molecule is CCOC=C(CC)C(=O)CC(=O)OCC. The Labute approximate surface area is 90.2 Å². The molecule has 0 aliphatic heterocycles. The summed E-state index contributed by atoms with van der Waals surface area (Å²) in [5, 5.41) is 0. The van der Waals surface area contributed by atoms with Crippen LogP contribution < -0.4 is 0 Å². The van der Waals surface area contributed by atoms with E-state index in [1.807, 2.05) is 13.8 Å². The molecule has 15 heavy (non-hydrogen) atoms. The Morgan fingerprint density at radius 1 is 1.13 bits per heavy atom. The second kappa shape index (κ2) is 8.03. The van der Waals surface area contributed by atoms with Crippen LogP contribution in [-0.4, -0.2) is 25.0 Å². The van der Waals surface area contributed by atoms with Gasteiger partial charge in [0.2, 0.25) is 0 Å². The Balaban J connectivity index is 4.21. The van der Waals surface area contributed by atoms with Crippen LogP contribution in [0, 0.1) is 0 Å². The highest BCUT2D eigenvalue weighted by atomic mass is 16.5. The molecule has 0 unspecified atom stereocenters. The predicted molar refractivity (Wildman–Crippen MR) is 56.3 cm³/mol. The number of rotatable bonds is 7. The third kappa shape index (κ3) is 5.88. The maximum Gasteiger partial charge on any atom is 0.313 e. The molecule has 0 saturated heterocycles. The Bertz CT molecular complexity index is 243. The minimum Gasteiger partial charge on any atom is -0.501 e. The molecule has 0 aliphatic carbocycles. The fourth-order valence-corrected chi connectivity index (χ4v) is 0.987. The molecule has 0 atom stereocenters. The van der Waals surface area contributed by atoms with Crippen LogP contribution in [0.2, 0.25) is 0 Å². The van der Waals surface area contributed by atoms with Crippen molar-refractivity contribution in [1.82, 2.24) is 0 Å². The lowest BCUT2D eigenvalue weighted by Gasteiger charge is -2.04. The normalized spacial score (nSPS) is 11.0.